The Balaban J connectivity index is 2.64. The van der Waals surface area contributed by atoms with Gasteiger partial charge in [-0.05, 0) is 32.0 Å². The predicted octanol–water partition coefficient (Wildman–Crippen LogP) is 3.19. The highest BCUT2D eigenvalue weighted by Gasteiger charge is 2.27. The molecule has 0 saturated carbocycles. The van der Waals surface area contributed by atoms with E-state index in [1.54, 1.807) is 0 Å². The van der Waals surface area contributed by atoms with Crippen molar-refractivity contribution in [2.75, 3.05) is 5.88 Å². The van der Waals surface area contributed by atoms with E-state index in [9.17, 15) is 4.79 Å². The second-order valence-electron chi connectivity index (χ2n) is 5.39. The van der Waals surface area contributed by atoms with E-state index in [-0.39, 0.29) is 12.3 Å². The summed E-state index contributed by atoms with van der Waals surface area (Å²) in [6.07, 6.45) is 0.903. The summed E-state index contributed by atoms with van der Waals surface area (Å²) in [7, 11) is 0. The van der Waals surface area contributed by atoms with E-state index in [0.717, 1.165) is 21.3 Å². The number of carbonyl (C=O) groups excluding carboxylic acids is 1. The molecule has 0 unspecified atom stereocenters. The zero-order chi connectivity index (χ0) is 14.9. The molecule has 0 fully saturated rings. The summed E-state index contributed by atoms with van der Waals surface area (Å²) in [5.41, 5.74) is 6.81. The summed E-state index contributed by atoms with van der Waals surface area (Å²) >= 11 is 9.32. The first kappa shape index (κ1) is 15.3. The highest BCUT2D eigenvalue weighted by Crippen LogP contribution is 2.30. The maximum Gasteiger partial charge on any atom is 0.219 e. The van der Waals surface area contributed by atoms with Crippen molar-refractivity contribution in [1.82, 2.24) is 9.55 Å². The summed E-state index contributed by atoms with van der Waals surface area (Å²) in [6, 6.07) is 5.92. The molecule has 0 radical (unpaired) electrons. The number of hydrogen-bond donors (Lipinski definition) is 1. The lowest BCUT2D eigenvalue weighted by molar-refractivity contribution is -0.119. The lowest BCUT2D eigenvalue weighted by Gasteiger charge is -2.28. The minimum atomic E-state index is -0.435. The second kappa shape index (κ2) is 5.74. The van der Waals surface area contributed by atoms with Crippen molar-refractivity contribution in [3.63, 3.8) is 0 Å². The van der Waals surface area contributed by atoms with Crippen molar-refractivity contribution in [3.8, 4) is 0 Å². The quantitative estimate of drug-likeness (QED) is 0.834. The van der Waals surface area contributed by atoms with Crippen molar-refractivity contribution in [1.29, 1.82) is 0 Å². The highest BCUT2D eigenvalue weighted by atomic mass is 79.9. The van der Waals surface area contributed by atoms with Crippen LogP contribution in [-0.2, 0) is 16.8 Å². The third-order valence-corrected chi connectivity index (χ3v) is 3.90. The first-order valence-electron chi connectivity index (χ1n) is 6.37. The van der Waals surface area contributed by atoms with Gasteiger partial charge in [-0.1, -0.05) is 15.9 Å². The average Bonchev–Trinajstić information content (AvgIpc) is 2.65. The van der Waals surface area contributed by atoms with Gasteiger partial charge in [-0.2, -0.15) is 0 Å². The number of hydrogen-bond acceptors (Lipinski definition) is 2. The Labute approximate surface area is 131 Å². The Bertz CT molecular complexity index is 651. The molecule has 20 heavy (non-hydrogen) atoms. The summed E-state index contributed by atoms with van der Waals surface area (Å²) in [5, 5.41) is 0. The molecule has 0 aliphatic carbocycles. The molecule has 0 spiro atoms. The number of imidazole rings is 1. The van der Waals surface area contributed by atoms with E-state index in [0.29, 0.717) is 12.3 Å². The largest absolute Gasteiger partial charge is 0.370 e. The van der Waals surface area contributed by atoms with Crippen LogP contribution < -0.4 is 5.73 Å². The van der Waals surface area contributed by atoms with Gasteiger partial charge in [0, 0.05) is 28.7 Å². The van der Waals surface area contributed by atoms with Crippen LogP contribution in [-0.4, -0.2) is 21.3 Å². The van der Waals surface area contributed by atoms with Crippen molar-refractivity contribution < 1.29 is 4.79 Å². The first-order chi connectivity index (χ1) is 9.35. The summed E-state index contributed by atoms with van der Waals surface area (Å²) in [6.45, 7) is 3.97. The number of aryl methyl sites for hydroxylation is 1. The van der Waals surface area contributed by atoms with Crippen LogP contribution in [0.5, 0.6) is 0 Å². The molecule has 6 heteroatoms. The molecule has 1 aromatic heterocycles. The van der Waals surface area contributed by atoms with Crippen LogP contribution >= 0.6 is 27.5 Å². The fraction of sp³-hybridized carbons (Fsp3) is 0.429. The zero-order valence-electron chi connectivity index (χ0n) is 11.5. The molecule has 2 aromatic rings. The van der Waals surface area contributed by atoms with Crippen molar-refractivity contribution >= 4 is 44.5 Å². The van der Waals surface area contributed by atoms with Gasteiger partial charge < -0.3 is 10.3 Å². The van der Waals surface area contributed by atoms with Crippen LogP contribution in [0, 0.1) is 0 Å². The molecule has 0 bridgehead atoms. The number of alkyl halides is 1. The van der Waals surface area contributed by atoms with E-state index in [4.69, 9.17) is 17.3 Å². The van der Waals surface area contributed by atoms with Crippen LogP contribution in [0.4, 0.5) is 0 Å². The molecule has 1 aromatic carbocycles. The normalized spacial score (nSPS) is 12.0. The Morgan fingerprint density at radius 2 is 2.20 bits per heavy atom. The number of nitrogens with two attached hydrogens (primary N) is 1. The van der Waals surface area contributed by atoms with Crippen molar-refractivity contribution in [2.45, 2.75) is 32.2 Å². The standard InChI is InChI=1S/C14H17BrClN3O/c1-14(2,8-12(17)20)19-11-4-3-9(15)7-10(11)18-13(19)5-6-16/h3-4,7H,5-6,8H2,1-2H3,(H2,17,20). The van der Waals surface area contributed by atoms with Crippen LogP contribution in [0.3, 0.4) is 0 Å². The molecule has 2 N–H and O–H groups in total. The van der Waals surface area contributed by atoms with Gasteiger partial charge in [-0.15, -0.1) is 11.6 Å². The smallest absolute Gasteiger partial charge is 0.219 e. The molecule has 1 heterocycles. The summed E-state index contributed by atoms with van der Waals surface area (Å²) in [5.74, 6) is 1.03. The molecule has 0 aliphatic rings. The van der Waals surface area contributed by atoms with E-state index >= 15 is 0 Å². The number of amides is 1. The number of carbonyl (C=O) groups is 1. The molecule has 0 aliphatic heterocycles. The maximum atomic E-state index is 11.3. The molecular formula is C14H17BrClN3O. The number of nitrogens with zero attached hydrogens (tertiary/aromatic N) is 2. The van der Waals surface area contributed by atoms with E-state index in [2.05, 4.69) is 25.5 Å². The minimum absolute atomic E-state index is 0.254. The molecule has 4 nitrogen and oxygen atoms in total. The fourth-order valence-electron chi connectivity index (χ4n) is 2.54. The van der Waals surface area contributed by atoms with Gasteiger partial charge in [-0.25, -0.2) is 4.98 Å². The SMILES string of the molecule is CC(C)(CC(N)=O)n1c(CCCl)nc2cc(Br)ccc21. The Morgan fingerprint density at radius 3 is 2.80 bits per heavy atom. The topological polar surface area (TPSA) is 60.9 Å². The van der Waals surface area contributed by atoms with Gasteiger partial charge in [0.25, 0.3) is 0 Å². The summed E-state index contributed by atoms with van der Waals surface area (Å²) in [4.78, 5) is 16.0. The maximum absolute atomic E-state index is 11.3. The molecule has 1 amide bonds. The molecule has 0 saturated heterocycles. The molecular weight excluding hydrogens is 342 g/mol. The van der Waals surface area contributed by atoms with E-state index in [1.807, 2.05) is 32.0 Å². The van der Waals surface area contributed by atoms with Gasteiger partial charge >= 0.3 is 0 Å². The molecule has 0 atom stereocenters. The first-order valence-corrected chi connectivity index (χ1v) is 7.69. The van der Waals surface area contributed by atoms with E-state index < -0.39 is 5.54 Å². The Hall–Kier alpha value is -1.07. The van der Waals surface area contributed by atoms with Crippen LogP contribution in [0.25, 0.3) is 11.0 Å². The minimum Gasteiger partial charge on any atom is -0.370 e. The van der Waals surface area contributed by atoms with E-state index in [1.165, 1.54) is 0 Å². The lowest BCUT2D eigenvalue weighted by atomic mass is 9.99. The fourth-order valence-corrected chi connectivity index (χ4v) is 3.05. The highest BCUT2D eigenvalue weighted by molar-refractivity contribution is 9.10. The predicted molar refractivity (Wildman–Crippen MR) is 85.0 cm³/mol. The third kappa shape index (κ3) is 2.99. The number of primary amides is 1. The van der Waals surface area contributed by atoms with Gasteiger partial charge in [0.05, 0.1) is 11.0 Å². The van der Waals surface area contributed by atoms with Crippen molar-refractivity contribution in [3.05, 3.63) is 28.5 Å². The number of aromatic nitrogens is 2. The van der Waals surface area contributed by atoms with Crippen molar-refractivity contribution in [2.24, 2.45) is 5.73 Å². The zero-order valence-corrected chi connectivity index (χ0v) is 13.8. The van der Waals surface area contributed by atoms with Crippen LogP contribution in [0.15, 0.2) is 22.7 Å². The molecule has 2 rings (SSSR count). The monoisotopic (exact) mass is 357 g/mol. The Morgan fingerprint density at radius 1 is 1.50 bits per heavy atom. The molecule has 108 valence electrons. The van der Waals surface area contributed by atoms with Gasteiger partial charge in [0.15, 0.2) is 0 Å². The van der Waals surface area contributed by atoms with Crippen LogP contribution in [0.2, 0.25) is 0 Å². The summed E-state index contributed by atoms with van der Waals surface area (Å²) < 4.78 is 3.04. The lowest BCUT2D eigenvalue weighted by Crippen LogP contribution is -2.33. The third-order valence-electron chi connectivity index (χ3n) is 3.22. The van der Waals surface area contributed by atoms with Gasteiger partial charge in [0.1, 0.15) is 5.82 Å². The van der Waals surface area contributed by atoms with Gasteiger partial charge in [-0.3, -0.25) is 4.79 Å². The van der Waals surface area contributed by atoms with Crippen LogP contribution in [0.1, 0.15) is 26.1 Å². The number of halogens is 2. The number of fused-ring (bicyclic) bond motifs is 1. The van der Waals surface area contributed by atoms with Gasteiger partial charge in [0.2, 0.25) is 5.91 Å². The second-order valence-corrected chi connectivity index (χ2v) is 6.68. The number of rotatable bonds is 5. The average molecular weight is 359 g/mol. The Kier molecular flexibility index (Phi) is 4.39. The number of benzene rings is 1.